The average molecular weight is 467 g/mol. The molecule has 4 nitrogen and oxygen atoms in total. The van der Waals surface area contributed by atoms with Crippen molar-refractivity contribution in [1.29, 1.82) is 0 Å². The summed E-state index contributed by atoms with van der Waals surface area (Å²) in [6.45, 7) is 5.59. The van der Waals surface area contributed by atoms with E-state index in [1.165, 1.54) is 11.1 Å². The van der Waals surface area contributed by atoms with Crippen LogP contribution < -0.4 is 9.47 Å². The van der Waals surface area contributed by atoms with Crippen molar-refractivity contribution in [3.63, 3.8) is 0 Å². The molecule has 0 spiro atoms. The van der Waals surface area contributed by atoms with Crippen LogP contribution in [0.1, 0.15) is 44.2 Å². The van der Waals surface area contributed by atoms with Gasteiger partial charge in [-0.1, -0.05) is 38.1 Å². The van der Waals surface area contributed by atoms with Crippen molar-refractivity contribution in [2.24, 2.45) is 0 Å². The molecule has 0 aliphatic carbocycles. The second-order valence-electron chi connectivity index (χ2n) is 8.04. The Balaban J connectivity index is 1.82. The van der Waals surface area contributed by atoms with E-state index in [9.17, 15) is 5.11 Å². The number of thioether (sulfide) groups is 1. The van der Waals surface area contributed by atoms with Gasteiger partial charge in [-0.3, -0.25) is 0 Å². The fraction of sp³-hybridized carbons (Fsp3) is 0.520. The number of benzene rings is 2. The van der Waals surface area contributed by atoms with Gasteiger partial charge in [-0.15, -0.1) is 11.6 Å². The number of aliphatic hydroxyl groups is 2. The molecule has 2 rings (SSSR count). The lowest BCUT2D eigenvalue weighted by molar-refractivity contribution is 0.125. The Labute approximate surface area is 195 Å². The van der Waals surface area contributed by atoms with Crippen LogP contribution in [0.25, 0.3) is 0 Å². The molecule has 6 heteroatoms. The van der Waals surface area contributed by atoms with Gasteiger partial charge in [0.2, 0.25) is 0 Å². The van der Waals surface area contributed by atoms with Gasteiger partial charge in [-0.2, -0.15) is 11.8 Å². The number of ether oxygens (including phenoxy) is 2. The van der Waals surface area contributed by atoms with Crippen molar-refractivity contribution in [3.8, 4) is 11.5 Å². The third-order valence-electron chi connectivity index (χ3n) is 5.17. The Morgan fingerprint density at radius 1 is 0.871 bits per heavy atom. The molecule has 172 valence electrons. The first-order valence-electron chi connectivity index (χ1n) is 10.9. The van der Waals surface area contributed by atoms with Crippen LogP contribution >= 0.6 is 23.4 Å². The van der Waals surface area contributed by atoms with Gasteiger partial charge in [0.05, 0.1) is 12.5 Å². The fourth-order valence-corrected chi connectivity index (χ4v) is 4.13. The van der Waals surface area contributed by atoms with Gasteiger partial charge >= 0.3 is 0 Å². The Hall–Kier alpha value is -1.40. The molecule has 1 unspecified atom stereocenters. The third kappa shape index (κ3) is 8.93. The third-order valence-corrected chi connectivity index (χ3v) is 6.68. The van der Waals surface area contributed by atoms with Gasteiger partial charge in [-0.05, 0) is 66.2 Å². The number of hydrogen-bond acceptors (Lipinski definition) is 5. The predicted molar refractivity (Wildman–Crippen MR) is 131 cm³/mol. The lowest BCUT2D eigenvalue weighted by Gasteiger charge is -2.26. The molecule has 2 aromatic rings. The fourth-order valence-electron chi connectivity index (χ4n) is 3.11. The number of hydrogen-bond donors (Lipinski definition) is 2. The first-order valence-corrected chi connectivity index (χ1v) is 12.6. The van der Waals surface area contributed by atoms with Crippen LogP contribution in [0.15, 0.2) is 48.5 Å². The highest BCUT2D eigenvalue weighted by molar-refractivity contribution is 7.99. The second-order valence-corrected chi connectivity index (χ2v) is 9.57. The molecule has 31 heavy (non-hydrogen) atoms. The lowest BCUT2D eigenvalue weighted by atomic mass is 9.78. The standard InChI is InChI=1S/C25H35ClO4S/c1-25(2,21-8-12-24(13-9-21)30-19-22(28)18-26)20-6-10-23(11-7-20)29-15-5-17-31-16-4-3-14-27/h6-13,22,27-28H,3-5,14-19H2,1-2H3. The maximum atomic E-state index is 9.52. The van der Waals surface area contributed by atoms with Gasteiger partial charge in [0.1, 0.15) is 24.2 Å². The maximum absolute atomic E-state index is 9.52. The summed E-state index contributed by atoms with van der Waals surface area (Å²) in [5, 5.41) is 18.3. The van der Waals surface area contributed by atoms with E-state index in [1.807, 2.05) is 36.0 Å². The molecule has 1 atom stereocenters. The van der Waals surface area contributed by atoms with E-state index in [0.717, 1.165) is 48.9 Å². The number of unbranched alkanes of at least 4 members (excludes halogenated alkanes) is 1. The quantitative estimate of drug-likeness (QED) is 0.277. The summed E-state index contributed by atoms with van der Waals surface area (Å²) in [5.74, 6) is 3.97. The summed E-state index contributed by atoms with van der Waals surface area (Å²) < 4.78 is 11.4. The summed E-state index contributed by atoms with van der Waals surface area (Å²) in [6.07, 6.45) is 2.33. The van der Waals surface area contributed by atoms with Gasteiger partial charge < -0.3 is 19.7 Å². The number of alkyl halides is 1. The van der Waals surface area contributed by atoms with Crippen LogP contribution in [0, 0.1) is 0 Å². The SMILES string of the molecule is CC(C)(c1ccc(OCCCSCCCCO)cc1)c1ccc(OCC(O)CCl)cc1. The molecule has 2 aromatic carbocycles. The molecule has 0 saturated heterocycles. The van der Waals surface area contributed by atoms with Gasteiger partial charge in [-0.25, -0.2) is 0 Å². The number of aliphatic hydroxyl groups excluding tert-OH is 2. The van der Waals surface area contributed by atoms with Gasteiger partial charge in [0, 0.05) is 12.0 Å². The molecule has 0 aliphatic rings. The van der Waals surface area contributed by atoms with Gasteiger partial charge in [0.25, 0.3) is 0 Å². The van der Waals surface area contributed by atoms with Crippen molar-refractivity contribution < 1.29 is 19.7 Å². The number of rotatable bonds is 15. The number of halogens is 1. The topological polar surface area (TPSA) is 58.9 Å². The van der Waals surface area contributed by atoms with Crippen LogP contribution in [0.4, 0.5) is 0 Å². The average Bonchev–Trinajstić information content (AvgIpc) is 2.79. The van der Waals surface area contributed by atoms with Crippen molar-refractivity contribution in [3.05, 3.63) is 59.7 Å². The maximum Gasteiger partial charge on any atom is 0.119 e. The zero-order chi connectivity index (χ0) is 22.5. The van der Waals surface area contributed by atoms with E-state index in [2.05, 4.69) is 38.1 Å². The molecule has 0 aromatic heterocycles. The van der Waals surface area contributed by atoms with E-state index in [0.29, 0.717) is 0 Å². The van der Waals surface area contributed by atoms with Crippen molar-refractivity contribution in [2.45, 2.75) is 44.6 Å². The summed E-state index contributed by atoms with van der Waals surface area (Å²) in [6, 6.07) is 16.3. The zero-order valence-corrected chi connectivity index (χ0v) is 20.1. The van der Waals surface area contributed by atoms with Crippen LogP contribution in [0.2, 0.25) is 0 Å². The minimum Gasteiger partial charge on any atom is -0.494 e. The Bertz CT molecular complexity index is 734. The molecule has 0 amide bonds. The second kappa shape index (κ2) is 13.9. The molecule has 2 N–H and O–H groups in total. The molecule has 0 radical (unpaired) electrons. The van der Waals surface area contributed by atoms with Crippen molar-refractivity contribution in [1.82, 2.24) is 0 Å². The minimum atomic E-state index is -0.658. The van der Waals surface area contributed by atoms with E-state index in [-0.39, 0.29) is 24.5 Å². The smallest absolute Gasteiger partial charge is 0.119 e. The van der Waals surface area contributed by atoms with Crippen molar-refractivity contribution in [2.75, 3.05) is 37.2 Å². The van der Waals surface area contributed by atoms with Crippen LogP contribution in [-0.4, -0.2) is 53.5 Å². The first-order chi connectivity index (χ1) is 15.0. The highest BCUT2D eigenvalue weighted by Crippen LogP contribution is 2.33. The molecular weight excluding hydrogens is 432 g/mol. The van der Waals surface area contributed by atoms with E-state index in [4.69, 9.17) is 26.2 Å². The highest BCUT2D eigenvalue weighted by atomic mass is 35.5. The van der Waals surface area contributed by atoms with E-state index in [1.54, 1.807) is 0 Å². The van der Waals surface area contributed by atoms with Crippen LogP contribution in [-0.2, 0) is 5.41 Å². The largest absolute Gasteiger partial charge is 0.494 e. The van der Waals surface area contributed by atoms with Gasteiger partial charge in [0.15, 0.2) is 0 Å². The Kier molecular flexibility index (Phi) is 11.6. The summed E-state index contributed by atoms with van der Waals surface area (Å²) in [7, 11) is 0. The monoisotopic (exact) mass is 466 g/mol. The predicted octanol–water partition coefficient (Wildman–Crippen LogP) is 5.27. The highest BCUT2D eigenvalue weighted by Gasteiger charge is 2.23. The summed E-state index contributed by atoms with van der Waals surface area (Å²) in [5.41, 5.74) is 2.24. The van der Waals surface area contributed by atoms with Crippen LogP contribution in [0.5, 0.6) is 11.5 Å². The molecule has 0 fully saturated rings. The summed E-state index contributed by atoms with van der Waals surface area (Å²) >= 11 is 7.52. The zero-order valence-electron chi connectivity index (χ0n) is 18.6. The lowest BCUT2D eigenvalue weighted by Crippen LogP contribution is -2.20. The van der Waals surface area contributed by atoms with Crippen molar-refractivity contribution >= 4 is 23.4 Å². The van der Waals surface area contributed by atoms with Crippen LogP contribution in [0.3, 0.4) is 0 Å². The molecule has 0 aliphatic heterocycles. The van der Waals surface area contributed by atoms with E-state index < -0.39 is 6.10 Å². The molecule has 0 saturated carbocycles. The van der Waals surface area contributed by atoms with E-state index >= 15 is 0 Å². The normalized spacial score (nSPS) is 12.5. The Morgan fingerprint density at radius 2 is 1.42 bits per heavy atom. The molecular formula is C25H35ClO4S. The Morgan fingerprint density at radius 3 is 1.97 bits per heavy atom. The minimum absolute atomic E-state index is 0.155. The summed E-state index contributed by atoms with van der Waals surface area (Å²) in [4.78, 5) is 0. The molecule has 0 bridgehead atoms. The molecule has 0 heterocycles. The first kappa shape index (κ1) is 25.9.